The number of nitrogens with two attached hydrogens (primary N) is 1. The molecule has 0 unspecified atom stereocenters. The zero-order chi connectivity index (χ0) is 24.1. The van der Waals surface area contributed by atoms with Gasteiger partial charge in [0.2, 0.25) is 5.91 Å². The fourth-order valence-electron chi connectivity index (χ4n) is 3.36. The predicted octanol–water partition coefficient (Wildman–Crippen LogP) is 0.939. The molecule has 0 fully saturated rings. The maximum absolute atomic E-state index is 12.8. The van der Waals surface area contributed by atoms with Crippen molar-refractivity contribution in [3.63, 3.8) is 0 Å². The molecule has 12 heteroatoms. The number of nitrogens with zero attached hydrogens (tertiary/aromatic N) is 1. The summed E-state index contributed by atoms with van der Waals surface area (Å²) in [5.74, 6) is -1.34. The molecule has 176 valence electrons. The van der Waals surface area contributed by atoms with Crippen LogP contribution in [0.25, 0.3) is 11.0 Å². The second-order valence-corrected chi connectivity index (χ2v) is 8.73. The zero-order valence-electron chi connectivity index (χ0n) is 17.5. The lowest BCUT2D eigenvalue weighted by Gasteiger charge is -2.22. The smallest absolute Gasteiger partial charge is 0.340 e. The molecule has 32 heavy (non-hydrogen) atoms. The van der Waals surface area contributed by atoms with Crippen LogP contribution in [0.3, 0.4) is 0 Å². The first kappa shape index (κ1) is 25.3. The predicted molar refractivity (Wildman–Crippen MR) is 115 cm³/mol. The van der Waals surface area contributed by atoms with Crippen molar-refractivity contribution in [1.29, 1.82) is 0 Å². The second kappa shape index (κ2) is 10.6. The van der Waals surface area contributed by atoms with Gasteiger partial charge in [-0.05, 0) is 31.4 Å². The molecule has 2 rings (SSSR count). The number of hydrogen-bond acceptors (Lipinski definition) is 8. The molecule has 1 heterocycles. The van der Waals surface area contributed by atoms with E-state index in [1.807, 2.05) is 0 Å². The fraction of sp³-hybridized carbons (Fsp3) is 0.450. The molecular formula is C20H26N2O9S. The number of benzene rings is 1. The van der Waals surface area contributed by atoms with Crippen LogP contribution in [0.15, 0.2) is 26.2 Å². The minimum absolute atomic E-state index is 0.0132. The summed E-state index contributed by atoms with van der Waals surface area (Å²) in [4.78, 5) is 36.7. The molecule has 11 nitrogen and oxygen atoms in total. The first-order chi connectivity index (χ1) is 15.0. The summed E-state index contributed by atoms with van der Waals surface area (Å²) in [6, 6.07) is 2.20. The van der Waals surface area contributed by atoms with Crippen molar-refractivity contribution in [3.8, 4) is 0 Å². The lowest BCUT2D eigenvalue weighted by atomic mass is 10.0. The number of unbranched alkanes of at least 4 members (excludes halogenated alkanes) is 2. The standard InChI is InChI=1S/C20H26N2O9S/c1-12-13-9-17(32(28,29)30)15(21)11-16(13)31-20(27)14(12)10-18(24)22(7-8-23)6-4-2-3-5-19(25)26/h9,11,23H,2-8,10,21H2,1H3,(H,25,26)(H,28,29,30). The van der Waals surface area contributed by atoms with Gasteiger partial charge in [-0.3, -0.25) is 14.1 Å². The number of anilines is 1. The van der Waals surface area contributed by atoms with Crippen molar-refractivity contribution in [2.45, 2.75) is 43.9 Å². The van der Waals surface area contributed by atoms with E-state index in [0.29, 0.717) is 24.8 Å². The minimum atomic E-state index is -4.61. The van der Waals surface area contributed by atoms with Crippen LogP contribution in [-0.2, 0) is 26.1 Å². The number of aliphatic carboxylic acids is 1. The molecule has 0 aliphatic rings. The van der Waals surface area contributed by atoms with Crippen LogP contribution in [0.5, 0.6) is 0 Å². The van der Waals surface area contributed by atoms with Gasteiger partial charge in [0.05, 0.1) is 24.3 Å². The highest BCUT2D eigenvalue weighted by Crippen LogP contribution is 2.28. The van der Waals surface area contributed by atoms with E-state index >= 15 is 0 Å². The van der Waals surface area contributed by atoms with Gasteiger partial charge in [-0.2, -0.15) is 8.42 Å². The lowest BCUT2D eigenvalue weighted by molar-refractivity contribution is -0.137. The van der Waals surface area contributed by atoms with Gasteiger partial charge in [-0.25, -0.2) is 4.79 Å². The Morgan fingerprint density at radius 3 is 2.44 bits per heavy atom. The molecule has 5 N–H and O–H groups in total. The highest BCUT2D eigenvalue weighted by atomic mass is 32.2. The summed E-state index contributed by atoms with van der Waals surface area (Å²) >= 11 is 0. The lowest BCUT2D eigenvalue weighted by Crippen LogP contribution is -2.36. The highest BCUT2D eigenvalue weighted by molar-refractivity contribution is 7.86. The van der Waals surface area contributed by atoms with Crippen molar-refractivity contribution in [3.05, 3.63) is 33.7 Å². The Morgan fingerprint density at radius 1 is 1.16 bits per heavy atom. The van der Waals surface area contributed by atoms with Crippen molar-refractivity contribution in [2.75, 3.05) is 25.4 Å². The SMILES string of the molecule is Cc1c(CC(=O)N(CCO)CCCCCC(=O)O)c(=O)oc2cc(N)c(S(=O)(=O)O)cc12. The Labute approximate surface area is 184 Å². The molecule has 1 aromatic carbocycles. The third-order valence-corrected chi connectivity index (χ3v) is 5.97. The first-order valence-corrected chi connectivity index (χ1v) is 11.3. The van der Waals surface area contributed by atoms with E-state index in [4.69, 9.17) is 15.3 Å². The van der Waals surface area contributed by atoms with E-state index in [-0.39, 0.29) is 54.8 Å². The van der Waals surface area contributed by atoms with Gasteiger partial charge < -0.3 is 25.3 Å². The van der Waals surface area contributed by atoms with Crippen molar-refractivity contribution < 1.29 is 37.2 Å². The van der Waals surface area contributed by atoms with E-state index < -0.39 is 32.5 Å². The van der Waals surface area contributed by atoms with Gasteiger partial charge >= 0.3 is 11.6 Å². The number of carboxylic acid groups (broad SMARTS) is 1. The Morgan fingerprint density at radius 2 is 1.84 bits per heavy atom. The van der Waals surface area contributed by atoms with Crippen LogP contribution in [0, 0.1) is 6.92 Å². The average molecular weight is 471 g/mol. The normalized spacial score (nSPS) is 11.6. The number of nitrogen functional groups attached to an aromatic ring is 1. The van der Waals surface area contributed by atoms with Crippen LogP contribution in [0.1, 0.15) is 36.8 Å². The van der Waals surface area contributed by atoms with Crippen LogP contribution in [-0.4, -0.2) is 59.7 Å². The molecule has 0 aliphatic heterocycles. The number of fused-ring (bicyclic) bond motifs is 1. The molecule has 0 bridgehead atoms. The monoisotopic (exact) mass is 470 g/mol. The van der Waals surface area contributed by atoms with E-state index in [1.165, 1.54) is 11.8 Å². The number of aliphatic hydroxyl groups is 1. The Kier molecular flexibility index (Phi) is 8.36. The summed E-state index contributed by atoms with van der Waals surface area (Å²) in [5, 5.41) is 18.1. The molecule has 0 atom stereocenters. The summed E-state index contributed by atoms with van der Waals surface area (Å²) < 4.78 is 37.7. The van der Waals surface area contributed by atoms with Gasteiger partial charge in [0.1, 0.15) is 10.5 Å². The first-order valence-electron chi connectivity index (χ1n) is 9.89. The fourth-order valence-corrected chi connectivity index (χ4v) is 3.98. The van der Waals surface area contributed by atoms with Gasteiger partial charge in [-0.15, -0.1) is 0 Å². The summed E-state index contributed by atoms with van der Waals surface area (Å²) in [6.07, 6.45) is 1.26. The molecule has 0 aliphatic carbocycles. The maximum atomic E-state index is 12.8. The van der Waals surface area contributed by atoms with Gasteiger partial charge in [0.25, 0.3) is 10.1 Å². The Balaban J connectivity index is 2.29. The summed E-state index contributed by atoms with van der Waals surface area (Å²) in [7, 11) is -4.61. The zero-order valence-corrected chi connectivity index (χ0v) is 18.4. The molecule has 0 radical (unpaired) electrons. The number of aryl methyl sites for hydroxylation is 1. The molecule has 0 saturated carbocycles. The van der Waals surface area contributed by atoms with Crippen molar-refractivity contribution in [2.24, 2.45) is 0 Å². The average Bonchev–Trinajstić information content (AvgIpc) is 2.68. The van der Waals surface area contributed by atoms with Gasteiger partial charge in [0, 0.05) is 31.0 Å². The van der Waals surface area contributed by atoms with Crippen LogP contribution in [0.4, 0.5) is 5.69 Å². The number of aliphatic hydroxyl groups excluding tert-OH is 1. The van der Waals surface area contributed by atoms with Crippen LogP contribution < -0.4 is 11.4 Å². The molecular weight excluding hydrogens is 444 g/mol. The molecule has 0 saturated heterocycles. The van der Waals surface area contributed by atoms with Crippen molar-refractivity contribution >= 4 is 38.7 Å². The van der Waals surface area contributed by atoms with Crippen molar-refractivity contribution in [1.82, 2.24) is 4.90 Å². The molecule has 1 aromatic heterocycles. The number of carboxylic acids is 1. The number of amides is 1. The molecule has 2 aromatic rings. The number of carbonyl (C=O) groups is 2. The number of hydrogen-bond donors (Lipinski definition) is 4. The Bertz CT molecular complexity index is 1170. The van der Waals surface area contributed by atoms with E-state index in [0.717, 1.165) is 12.1 Å². The summed E-state index contributed by atoms with van der Waals surface area (Å²) in [6.45, 7) is 1.55. The van der Waals surface area contributed by atoms with E-state index in [1.54, 1.807) is 0 Å². The van der Waals surface area contributed by atoms with Crippen LogP contribution in [0.2, 0.25) is 0 Å². The van der Waals surface area contributed by atoms with E-state index in [2.05, 4.69) is 0 Å². The molecule has 0 spiro atoms. The second-order valence-electron chi connectivity index (χ2n) is 7.34. The van der Waals surface area contributed by atoms with E-state index in [9.17, 15) is 32.5 Å². The maximum Gasteiger partial charge on any atom is 0.340 e. The van der Waals surface area contributed by atoms with Crippen LogP contribution >= 0.6 is 0 Å². The highest BCUT2D eigenvalue weighted by Gasteiger charge is 2.22. The number of rotatable bonds is 11. The largest absolute Gasteiger partial charge is 0.481 e. The van der Waals surface area contributed by atoms with Gasteiger partial charge in [0.15, 0.2) is 0 Å². The Hall–Kier alpha value is -2.96. The third kappa shape index (κ3) is 6.28. The topological polar surface area (TPSA) is 188 Å². The molecule has 1 amide bonds. The minimum Gasteiger partial charge on any atom is -0.481 e. The summed E-state index contributed by atoms with van der Waals surface area (Å²) in [5.41, 5.74) is 4.89. The third-order valence-electron chi connectivity index (χ3n) is 5.06. The van der Waals surface area contributed by atoms with Gasteiger partial charge in [-0.1, -0.05) is 6.42 Å². The quantitative estimate of drug-likeness (QED) is 0.159. The number of carbonyl (C=O) groups excluding carboxylic acids is 1.